The van der Waals surface area contributed by atoms with Crippen LogP contribution in [0.25, 0.3) is 0 Å². The molecule has 0 saturated carbocycles. The second kappa shape index (κ2) is 12.3. The molecule has 0 aromatic heterocycles. The van der Waals surface area contributed by atoms with Crippen molar-refractivity contribution in [2.45, 2.75) is 32.1 Å². The van der Waals surface area contributed by atoms with Crippen molar-refractivity contribution in [2.75, 3.05) is 40.4 Å². The van der Waals surface area contributed by atoms with Crippen molar-refractivity contribution in [1.82, 2.24) is 0 Å². The predicted molar refractivity (Wildman–Crippen MR) is 135 cm³/mol. The maximum absolute atomic E-state index is 6.63. The number of hydrogen-bond acceptors (Lipinski definition) is 2. The van der Waals surface area contributed by atoms with Crippen molar-refractivity contribution >= 4 is 23.2 Å². The Morgan fingerprint density at radius 1 is 0.719 bits per heavy atom. The summed E-state index contributed by atoms with van der Waals surface area (Å²) >= 11 is 13.3. The maximum atomic E-state index is 6.63. The van der Waals surface area contributed by atoms with Gasteiger partial charge in [-0.05, 0) is 66.8 Å². The summed E-state index contributed by atoms with van der Waals surface area (Å²) in [6.07, 6.45) is 9.75. The van der Waals surface area contributed by atoms with Gasteiger partial charge in [0, 0.05) is 22.9 Å². The van der Waals surface area contributed by atoms with Gasteiger partial charge in [-0.25, -0.2) is 0 Å². The summed E-state index contributed by atoms with van der Waals surface area (Å²) in [6, 6.07) is 16.2. The van der Waals surface area contributed by atoms with Crippen LogP contribution in [0.2, 0.25) is 0 Å². The van der Waals surface area contributed by atoms with Crippen molar-refractivity contribution in [2.24, 2.45) is 0 Å². The molecule has 32 heavy (non-hydrogen) atoms. The molecule has 2 aromatic rings. The molecule has 2 aromatic carbocycles. The van der Waals surface area contributed by atoms with Crippen LogP contribution in [0.3, 0.4) is 0 Å². The average Bonchev–Trinajstić information content (AvgIpc) is 2.83. The van der Waals surface area contributed by atoms with Crippen molar-refractivity contribution in [3.63, 3.8) is 0 Å². The molecule has 1 aliphatic heterocycles. The van der Waals surface area contributed by atoms with E-state index < -0.39 is 0 Å². The van der Waals surface area contributed by atoms with Gasteiger partial charge >= 0.3 is 0 Å². The molecule has 3 rings (SSSR count). The third-order valence-corrected chi connectivity index (χ3v) is 6.81. The minimum absolute atomic E-state index is 0.750. The molecule has 172 valence electrons. The second-order valence-corrected chi connectivity index (χ2v) is 9.54. The Morgan fingerprint density at radius 3 is 1.50 bits per heavy atom. The van der Waals surface area contributed by atoms with Crippen molar-refractivity contribution < 1.29 is 14.0 Å². The highest BCUT2D eigenvalue weighted by Gasteiger charge is 2.28. The van der Waals surface area contributed by atoms with E-state index in [0.29, 0.717) is 0 Å². The lowest BCUT2D eigenvalue weighted by Crippen LogP contribution is -2.51. The maximum Gasteiger partial charge on any atom is 0.118 e. The number of allylic oxidation sites excluding steroid dienone is 2. The molecule has 5 heteroatoms. The fourth-order valence-electron chi connectivity index (χ4n) is 4.23. The van der Waals surface area contributed by atoms with E-state index in [4.69, 9.17) is 32.7 Å². The Hall–Kier alpha value is -1.94. The fraction of sp³-hybridized carbons (Fsp3) is 0.407. The number of ether oxygens (including phenoxy) is 2. The van der Waals surface area contributed by atoms with Gasteiger partial charge in [-0.15, -0.1) is 0 Å². The van der Waals surface area contributed by atoms with Gasteiger partial charge in [0.15, 0.2) is 0 Å². The monoisotopic (exact) mass is 474 g/mol. The molecule has 0 radical (unpaired) electrons. The van der Waals surface area contributed by atoms with E-state index in [1.54, 1.807) is 14.2 Å². The Balaban J connectivity index is 1.61. The van der Waals surface area contributed by atoms with Crippen LogP contribution >= 0.6 is 23.2 Å². The zero-order valence-electron chi connectivity index (χ0n) is 19.2. The number of halogens is 2. The molecule has 0 N–H and O–H groups in total. The lowest BCUT2D eigenvalue weighted by molar-refractivity contribution is -0.921. The number of hydrogen-bond donors (Lipinski definition) is 0. The first-order valence-corrected chi connectivity index (χ1v) is 12.1. The van der Waals surface area contributed by atoms with E-state index in [9.17, 15) is 0 Å². The second-order valence-electron chi connectivity index (χ2n) is 8.57. The molecular weight excluding hydrogens is 441 g/mol. The number of benzene rings is 2. The van der Waals surface area contributed by atoms with E-state index in [1.807, 2.05) is 24.3 Å². The minimum Gasteiger partial charge on any atom is -0.497 e. The summed E-state index contributed by atoms with van der Waals surface area (Å²) in [7, 11) is 3.36. The van der Waals surface area contributed by atoms with Crippen LogP contribution in [0.15, 0.2) is 70.7 Å². The smallest absolute Gasteiger partial charge is 0.118 e. The summed E-state index contributed by atoms with van der Waals surface area (Å²) in [5.41, 5.74) is 2.39. The number of rotatable bonds is 10. The van der Waals surface area contributed by atoms with E-state index in [1.165, 1.54) is 43.5 Å². The molecule has 0 spiro atoms. The SMILES string of the molecule is COc1ccc(C/C(Cl)=C/C[N+]2(C/C=C(\Cl)Cc3ccc(OC)cc3)CCCCC2)cc1. The topological polar surface area (TPSA) is 18.5 Å². The first kappa shape index (κ1) is 24.7. The number of quaternary nitrogens is 1. The molecule has 0 aliphatic carbocycles. The summed E-state index contributed by atoms with van der Waals surface area (Å²) in [4.78, 5) is 0. The fourth-order valence-corrected chi connectivity index (χ4v) is 4.68. The standard InChI is InChI=1S/C27H34Cl2NO2/c1-31-26-10-6-22(7-11-26)20-24(28)14-18-30(16-4-3-5-17-30)19-15-25(29)21-23-8-12-27(32-2)13-9-23/h6-15H,3-5,16-21H2,1-2H3/q+1/b24-14-,25-15-. The Kier molecular flexibility index (Phi) is 9.52. The number of likely N-dealkylation sites (tertiary alicyclic amines) is 1. The van der Waals surface area contributed by atoms with Crippen LogP contribution in [0.4, 0.5) is 0 Å². The Bertz CT molecular complexity index is 829. The quantitative estimate of drug-likeness (QED) is 0.355. The van der Waals surface area contributed by atoms with E-state index in [-0.39, 0.29) is 0 Å². The van der Waals surface area contributed by atoms with Gasteiger partial charge in [0.1, 0.15) is 11.5 Å². The molecule has 0 unspecified atom stereocenters. The third-order valence-electron chi connectivity index (χ3n) is 6.23. The van der Waals surface area contributed by atoms with Gasteiger partial charge in [-0.2, -0.15) is 0 Å². The largest absolute Gasteiger partial charge is 0.497 e. The molecule has 0 amide bonds. The summed E-state index contributed by atoms with van der Waals surface area (Å²) in [6.45, 7) is 4.23. The highest BCUT2D eigenvalue weighted by Crippen LogP contribution is 2.23. The van der Waals surface area contributed by atoms with Gasteiger partial charge in [0.05, 0.1) is 40.4 Å². The van der Waals surface area contributed by atoms with Crippen molar-refractivity contribution in [3.8, 4) is 11.5 Å². The molecule has 1 aliphatic rings. The molecule has 0 atom stereocenters. The van der Waals surface area contributed by atoms with Crippen molar-refractivity contribution in [3.05, 3.63) is 81.9 Å². The van der Waals surface area contributed by atoms with E-state index in [0.717, 1.165) is 52.0 Å². The number of nitrogens with zero attached hydrogens (tertiary/aromatic N) is 1. The highest BCUT2D eigenvalue weighted by molar-refractivity contribution is 6.30. The Labute approximate surface area is 202 Å². The van der Waals surface area contributed by atoms with Crippen LogP contribution < -0.4 is 9.47 Å². The van der Waals surface area contributed by atoms with Gasteiger partial charge in [-0.1, -0.05) is 47.5 Å². The van der Waals surface area contributed by atoms with Gasteiger partial charge in [0.2, 0.25) is 0 Å². The van der Waals surface area contributed by atoms with E-state index >= 15 is 0 Å². The lowest BCUT2D eigenvalue weighted by atomic mass is 10.1. The van der Waals surface area contributed by atoms with Crippen LogP contribution in [0, 0.1) is 0 Å². The van der Waals surface area contributed by atoms with Crippen LogP contribution in [-0.4, -0.2) is 44.9 Å². The summed E-state index contributed by atoms with van der Waals surface area (Å²) in [5.74, 6) is 1.73. The van der Waals surface area contributed by atoms with Gasteiger partial charge in [0.25, 0.3) is 0 Å². The van der Waals surface area contributed by atoms with Gasteiger partial charge < -0.3 is 14.0 Å². The average molecular weight is 475 g/mol. The molecule has 1 fully saturated rings. The molecular formula is C27H34Cl2NO2+. The normalized spacial score (nSPS) is 16.6. The molecule has 3 nitrogen and oxygen atoms in total. The molecule has 1 heterocycles. The van der Waals surface area contributed by atoms with E-state index in [2.05, 4.69) is 36.4 Å². The molecule has 1 saturated heterocycles. The van der Waals surface area contributed by atoms with Crippen LogP contribution in [0.5, 0.6) is 11.5 Å². The van der Waals surface area contributed by atoms with Crippen LogP contribution in [0.1, 0.15) is 30.4 Å². The lowest BCUT2D eigenvalue weighted by Gasteiger charge is -2.40. The zero-order valence-corrected chi connectivity index (χ0v) is 20.7. The van der Waals surface area contributed by atoms with Crippen LogP contribution in [-0.2, 0) is 12.8 Å². The summed E-state index contributed by atoms with van der Waals surface area (Å²) in [5, 5.41) is 1.79. The minimum atomic E-state index is 0.750. The third kappa shape index (κ3) is 7.58. The summed E-state index contributed by atoms with van der Waals surface area (Å²) < 4.78 is 11.5. The Morgan fingerprint density at radius 2 is 1.12 bits per heavy atom. The van der Waals surface area contributed by atoms with Gasteiger partial charge in [-0.3, -0.25) is 0 Å². The number of methoxy groups -OCH3 is 2. The first-order chi connectivity index (χ1) is 15.5. The number of piperidine rings is 1. The predicted octanol–water partition coefficient (Wildman–Crippen LogP) is 6.74. The highest BCUT2D eigenvalue weighted by atomic mass is 35.5. The first-order valence-electron chi connectivity index (χ1n) is 11.3. The molecule has 0 bridgehead atoms. The zero-order chi connectivity index (χ0) is 22.8. The van der Waals surface area contributed by atoms with Crippen molar-refractivity contribution in [1.29, 1.82) is 0 Å².